The van der Waals surface area contributed by atoms with Crippen LogP contribution in [0.3, 0.4) is 0 Å². The molecule has 1 aromatic heterocycles. The van der Waals surface area contributed by atoms with Crippen molar-refractivity contribution < 1.29 is 19.1 Å². The smallest absolute Gasteiger partial charge is 0.373 e. The molecule has 7 nitrogen and oxygen atoms in total. The molecule has 0 radical (unpaired) electrons. The molecular formula is C20H25N3O4. The lowest BCUT2D eigenvalue weighted by molar-refractivity contribution is -0.191. The second-order valence-electron chi connectivity index (χ2n) is 7.26. The number of benzene rings is 1. The second-order valence-corrected chi connectivity index (χ2v) is 7.26. The average molecular weight is 371 g/mol. The zero-order valence-corrected chi connectivity index (χ0v) is 15.9. The van der Waals surface area contributed by atoms with Crippen molar-refractivity contribution in [1.29, 1.82) is 0 Å². The number of ether oxygens (including phenoxy) is 1. The highest BCUT2D eigenvalue weighted by Crippen LogP contribution is 2.32. The maximum Gasteiger partial charge on any atom is 0.373 e. The molecule has 1 aliphatic rings. The number of carbonyl (C=O) groups is 1. The number of likely N-dealkylation sites (tertiary alicyclic amines) is 1. The number of fused-ring (bicyclic) bond motifs is 1. The predicted octanol–water partition coefficient (Wildman–Crippen LogP) is 2.57. The first-order valence-electron chi connectivity index (χ1n) is 8.87. The van der Waals surface area contributed by atoms with Gasteiger partial charge >= 0.3 is 6.15 Å². The van der Waals surface area contributed by atoms with Gasteiger partial charge in [-0.15, -0.1) is 0 Å². The number of aryl methyl sites for hydroxylation is 1. The van der Waals surface area contributed by atoms with Gasteiger partial charge in [0.05, 0.1) is 16.3 Å². The van der Waals surface area contributed by atoms with Gasteiger partial charge in [0.1, 0.15) is 12.4 Å². The van der Waals surface area contributed by atoms with Crippen LogP contribution in [0, 0.1) is 12.3 Å². The van der Waals surface area contributed by atoms with Crippen molar-refractivity contribution in [2.24, 2.45) is 5.41 Å². The Kier molecular flexibility index (Phi) is 6.53. The SMILES string of the molecule is Cc1cc(N)c2c(OCC(C)(C)C(=O)N3CCCC3)cccc2n1.O=C=O. The van der Waals surface area contributed by atoms with Gasteiger partial charge in [-0.3, -0.25) is 9.78 Å². The predicted molar refractivity (Wildman–Crippen MR) is 101 cm³/mol. The Bertz CT molecular complexity index is 852. The minimum absolute atomic E-state index is 0.155. The van der Waals surface area contributed by atoms with Gasteiger partial charge in [0.2, 0.25) is 5.91 Å². The summed E-state index contributed by atoms with van der Waals surface area (Å²) >= 11 is 0. The summed E-state index contributed by atoms with van der Waals surface area (Å²) in [5.74, 6) is 0.835. The molecule has 0 bridgehead atoms. The molecule has 1 aliphatic heterocycles. The van der Waals surface area contributed by atoms with E-state index in [2.05, 4.69) is 4.98 Å². The molecule has 2 aromatic rings. The summed E-state index contributed by atoms with van der Waals surface area (Å²) in [5, 5.41) is 0.813. The lowest BCUT2D eigenvalue weighted by Crippen LogP contribution is -2.42. The fraction of sp³-hybridized carbons (Fsp3) is 0.450. The standard InChI is InChI=1S/C19H25N3O2.CO2/c1-13-11-14(20)17-15(21-13)7-6-8-16(17)24-12-19(2,3)18(23)22-9-4-5-10-22;2-1-3/h6-8,11H,4-5,9-10,12H2,1-3H3,(H2,20,21);. The Morgan fingerprint density at radius 1 is 1.30 bits per heavy atom. The molecule has 144 valence electrons. The Morgan fingerprint density at radius 3 is 2.56 bits per heavy atom. The minimum atomic E-state index is -0.570. The summed E-state index contributed by atoms with van der Waals surface area (Å²) in [6.45, 7) is 7.81. The van der Waals surface area contributed by atoms with Crippen molar-refractivity contribution in [3.05, 3.63) is 30.0 Å². The van der Waals surface area contributed by atoms with Crippen LogP contribution in [0.1, 0.15) is 32.4 Å². The van der Waals surface area contributed by atoms with Gasteiger partial charge in [-0.2, -0.15) is 9.59 Å². The molecule has 2 N–H and O–H groups in total. The second kappa shape index (κ2) is 8.64. The van der Waals surface area contributed by atoms with Crippen LogP contribution in [0.2, 0.25) is 0 Å². The van der Waals surface area contributed by atoms with Crippen LogP contribution >= 0.6 is 0 Å². The Morgan fingerprint density at radius 2 is 1.93 bits per heavy atom. The molecule has 1 aromatic carbocycles. The summed E-state index contributed by atoms with van der Waals surface area (Å²) in [7, 11) is 0. The number of nitrogen functional groups attached to an aromatic ring is 1. The highest BCUT2D eigenvalue weighted by atomic mass is 16.5. The van der Waals surface area contributed by atoms with E-state index >= 15 is 0 Å². The number of hydrogen-bond acceptors (Lipinski definition) is 6. The van der Waals surface area contributed by atoms with Gasteiger partial charge in [-0.05, 0) is 51.8 Å². The molecule has 1 saturated heterocycles. The first-order chi connectivity index (χ1) is 12.8. The van der Waals surface area contributed by atoms with Crippen LogP contribution in [-0.2, 0) is 14.4 Å². The van der Waals surface area contributed by atoms with E-state index in [1.165, 1.54) is 0 Å². The number of pyridine rings is 1. The van der Waals surface area contributed by atoms with E-state index in [4.69, 9.17) is 20.1 Å². The van der Waals surface area contributed by atoms with Crippen molar-refractivity contribution in [3.8, 4) is 5.75 Å². The topological polar surface area (TPSA) is 103 Å². The van der Waals surface area contributed by atoms with Crippen LogP contribution in [0.4, 0.5) is 5.69 Å². The number of hydrogen-bond donors (Lipinski definition) is 1. The molecule has 0 spiro atoms. The molecular weight excluding hydrogens is 346 g/mol. The lowest BCUT2D eigenvalue weighted by atomic mass is 9.93. The van der Waals surface area contributed by atoms with E-state index < -0.39 is 5.41 Å². The van der Waals surface area contributed by atoms with Crippen LogP contribution in [0.25, 0.3) is 10.9 Å². The molecule has 27 heavy (non-hydrogen) atoms. The van der Waals surface area contributed by atoms with Crippen LogP contribution in [-0.4, -0.2) is 41.6 Å². The number of nitrogens with zero attached hydrogens (tertiary/aromatic N) is 2. The van der Waals surface area contributed by atoms with Gasteiger partial charge in [-0.25, -0.2) is 0 Å². The maximum atomic E-state index is 12.7. The first-order valence-corrected chi connectivity index (χ1v) is 8.87. The molecule has 1 fully saturated rings. The van der Waals surface area contributed by atoms with E-state index in [1.54, 1.807) is 0 Å². The lowest BCUT2D eigenvalue weighted by Gasteiger charge is -2.29. The first kappa shape index (κ1) is 20.4. The van der Waals surface area contributed by atoms with Crippen molar-refractivity contribution in [3.63, 3.8) is 0 Å². The van der Waals surface area contributed by atoms with Gasteiger partial charge in [0.25, 0.3) is 0 Å². The van der Waals surface area contributed by atoms with Crippen molar-refractivity contribution in [2.75, 3.05) is 25.4 Å². The normalized spacial score (nSPS) is 13.7. The third-order valence-electron chi connectivity index (χ3n) is 4.51. The van der Waals surface area contributed by atoms with Crippen LogP contribution in [0.5, 0.6) is 5.75 Å². The highest BCUT2D eigenvalue weighted by Gasteiger charge is 2.34. The summed E-state index contributed by atoms with van der Waals surface area (Å²) in [6.07, 6.45) is 2.43. The van der Waals surface area contributed by atoms with Gasteiger partial charge < -0.3 is 15.4 Å². The Balaban J connectivity index is 0.000000817. The third-order valence-corrected chi connectivity index (χ3v) is 4.51. The van der Waals surface area contributed by atoms with Crippen molar-refractivity contribution >= 4 is 28.6 Å². The molecule has 0 aliphatic carbocycles. The zero-order valence-electron chi connectivity index (χ0n) is 15.9. The fourth-order valence-electron chi connectivity index (χ4n) is 3.21. The average Bonchev–Trinajstić information content (AvgIpc) is 3.14. The van der Waals surface area contributed by atoms with Gasteiger partial charge in [0, 0.05) is 24.5 Å². The summed E-state index contributed by atoms with van der Waals surface area (Å²) < 4.78 is 6.02. The summed E-state index contributed by atoms with van der Waals surface area (Å²) in [4.78, 5) is 35.4. The van der Waals surface area contributed by atoms with E-state index in [0.29, 0.717) is 18.0 Å². The molecule has 0 atom stereocenters. The van der Waals surface area contributed by atoms with Gasteiger partial charge in [-0.1, -0.05) is 6.07 Å². The summed E-state index contributed by atoms with van der Waals surface area (Å²) in [6, 6.07) is 7.55. The quantitative estimate of drug-likeness (QED) is 0.886. The number of carbonyl (C=O) groups excluding carboxylic acids is 3. The monoisotopic (exact) mass is 371 g/mol. The number of anilines is 1. The van der Waals surface area contributed by atoms with Crippen molar-refractivity contribution in [1.82, 2.24) is 9.88 Å². The maximum absolute atomic E-state index is 12.7. The molecule has 0 saturated carbocycles. The molecule has 0 unspecified atom stereocenters. The Labute approximate surface area is 158 Å². The van der Waals surface area contributed by atoms with Crippen molar-refractivity contribution in [2.45, 2.75) is 33.6 Å². The van der Waals surface area contributed by atoms with Gasteiger partial charge in [0.15, 0.2) is 0 Å². The Hall–Kier alpha value is -2.92. The molecule has 1 amide bonds. The van der Waals surface area contributed by atoms with E-state index in [0.717, 1.165) is 42.5 Å². The fourth-order valence-corrected chi connectivity index (χ4v) is 3.21. The highest BCUT2D eigenvalue weighted by molar-refractivity contribution is 5.95. The number of nitrogens with two attached hydrogens (primary N) is 1. The third kappa shape index (κ3) is 4.83. The van der Waals surface area contributed by atoms with E-state index in [9.17, 15) is 4.79 Å². The number of amides is 1. The molecule has 3 rings (SSSR count). The molecule has 2 heterocycles. The zero-order chi connectivity index (χ0) is 20.0. The van der Waals surface area contributed by atoms with E-state index in [1.807, 2.05) is 49.9 Å². The van der Waals surface area contributed by atoms with Crippen LogP contribution in [0.15, 0.2) is 24.3 Å². The minimum Gasteiger partial charge on any atom is -0.492 e. The number of aromatic nitrogens is 1. The summed E-state index contributed by atoms with van der Waals surface area (Å²) in [5.41, 5.74) is 7.93. The van der Waals surface area contributed by atoms with Crippen LogP contribution < -0.4 is 10.5 Å². The van der Waals surface area contributed by atoms with E-state index in [-0.39, 0.29) is 12.1 Å². The number of rotatable bonds is 4. The molecule has 7 heteroatoms. The largest absolute Gasteiger partial charge is 0.492 e.